The molecule has 0 saturated heterocycles. The summed E-state index contributed by atoms with van der Waals surface area (Å²) in [5, 5.41) is 9.98. The van der Waals surface area contributed by atoms with Crippen molar-refractivity contribution in [3.63, 3.8) is 0 Å². The highest BCUT2D eigenvalue weighted by Gasteiger charge is 2.10. The summed E-state index contributed by atoms with van der Waals surface area (Å²) >= 11 is 0. The highest BCUT2D eigenvalue weighted by molar-refractivity contribution is 6.08. The van der Waals surface area contributed by atoms with Crippen LogP contribution in [-0.2, 0) is 6.42 Å². The highest BCUT2D eigenvalue weighted by atomic mass is 16.5. The van der Waals surface area contributed by atoms with Crippen LogP contribution < -0.4 is 4.74 Å². The van der Waals surface area contributed by atoms with E-state index in [0.717, 1.165) is 6.42 Å². The maximum absolute atomic E-state index is 12.4. The lowest BCUT2D eigenvalue weighted by Gasteiger charge is -2.08. The lowest BCUT2D eigenvalue weighted by molar-refractivity contribution is 0.104. The molecule has 3 rings (SSSR count). The van der Waals surface area contributed by atoms with Gasteiger partial charge in [-0.1, -0.05) is 36.4 Å². The number of ether oxygens (including phenoxy) is 1. The summed E-state index contributed by atoms with van der Waals surface area (Å²) in [5.74, 6) is 0.172. The van der Waals surface area contributed by atoms with Crippen LogP contribution >= 0.6 is 0 Å². The number of benzene rings is 2. The minimum absolute atomic E-state index is 0.0731. The van der Waals surface area contributed by atoms with E-state index in [0.29, 0.717) is 18.1 Å². The van der Waals surface area contributed by atoms with Gasteiger partial charge in [0.05, 0.1) is 17.9 Å². The Balaban J connectivity index is 1.65. The van der Waals surface area contributed by atoms with Gasteiger partial charge >= 0.3 is 0 Å². The molecule has 3 aromatic rings. The third-order valence-electron chi connectivity index (χ3n) is 3.83. The van der Waals surface area contributed by atoms with E-state index in [9.17, 15) is 9.90 Å². The van der Waals surface area contributed by atoms with Crippen molar-refractivity contribution >= 4 is 11.9 Å². The van der Waals surface area contributed by atoms with E-state index in [1.807, 2.05) is 36.4 Å². The number of hydrogen-bond acceptors (Lipinski definition) is 4. The molecule has 1 N–H and O–H groups in total. The number of aromatic nitrogens is 1. The number of phenols is 1. The Hall–Kier alpha value is -3.40. The molecule has 4 heteroatoms. The molecule has 0 aliphatic rings. The lowest BCUT2D eigenvalue weighted by Crippen LogP contribution is -2.02. The van der Waals surface area contributed by atoms with Gasteiger partial charge in [-0.05, 0) is 48.0 Å². The number of aromatic hydroxyl groups is 1. The predicted octanol–water partition coefficient (Wildman–Crippen LogP) is 4.30. The normalized spacial score (nSPS) is 10.8. The molecule has 26 heavy (non-hydrogen) atoms. The van der Waals surface area contributed by atoms with Crippen molar-refractivity contribution in [1.29, 1.82) is 0 Å². The average molecular weight is 345 g/mol. The van der Waals surface area contributed by atoms with Gasteiger partial charge in [0.1, 0.15) is 11.5 Å². The maximum atomic E-state index is 12.4. The van der Waals surface area contributed by atoms with Gasteiger partial charge in [0.25, 0.3) is 0 Å². The molecule has 0 fully saturated rings. The van der Waals surface area contributed by atoms with Gasteiger partial charge in [0, 0.05) is 12.6 Å². The molecular formula is C22H19NO3. The summed E-state index contributed by atoms with van der Waals surface area (Å²) in [4.78, 5) is 16.5. The fourth-order valence-corrected chi connectivity index (χ4v) is 2.46. The molecule has 0 atom stereocenters. The van der Waals surface area contributed by atoms with Gasteiger partial charge in [-0.25, -0.2) is 0 Å². The van der Waals surface area contributed by atoms with Gasteiger partial charge in [-0.2, -0.15) is 0 Å². The monoisotopic (exact) mass is 345 g/mol. The first-order valence-electron chi connectivity index (χ1n) is 8.35. The third kappa shape index (κ3) is 4.80. The molecule has 0 unspecified atom stereocenters. The minimum Gasteiger partial charge on any atom is -0.507 e. The molecule has 0 aliphatic heterocycles. The van der Waals surface area contributed by atoms with E-state index < -0.39 is 0 Å². The first-order valence-corrected chi connectivity index (χ1v) is 8.35. The first kappa shape index (κ1) is 17.4. The molecule has 0 saturated carbocycles. The van der Waals surface area contributed by atoms with Gasteiger partial charge in [-0.15, -0.1) is 0 Å². The molecular weight excluding hydrogens is 326 g/mol. The molecule has 0 amide bonds. The number of rotatable bonds is 7. The van der Waals surface area contributed by atoms with Gasteiger partial charge in [0.2, 0.25) is 0 Å². The van der Waals surface area contributed by atoms with Crippen molar-refractivity contribution in [3.8, 4) is 11.5 Å². The van der Waals surface area contributed by atoms with Crippen LogP contribution in [0.25, 0.3) is 6.08 Å². The second kappa shape index (κ2) is 8.62. The van der Waals surface area contributed by atoms with Crippen LogP contribution in [-0.4, -0.2) is 22.5 Å². The topological polar surface area (TPSA) is 59.4 Å². The quantitative estimate of drug-likeness (QED) is 0.512. The van der Waals surface area contributed by atoms with Crippen molar-refractivity contribution in [2.24, 2.45) is 0 Å². The molecule has 2 aromatic carbocycles. The number of carbonyl (C=O) groups excluding carboxylic acids is 1. The number of allylic oxidation sites excluding steroid dienone is 1. The molecule has 0 radical (unpaired) electrons. The fourth-order valence-electron chi connectivity index (χ4n) is 2.46. The largest absolute Gasteiger partial charge is 0.507 e. The van der Waals surface area contributed by atoms with Gasteiger partial charge in [0.15, 0.2) is 5.78 Å². The highest BCUT2D eigenvalue weighted by Crippen LogP contribution is 2.24. The summed E-state index contributed by atoms with van der Waals surface area (Å²) in [7, 11) is 0. The van der Waals surface area contributed by atoms with E-state index in [-0.39, 0.29) is 17.1 Å². The Labute approximate surface area is 152 Å². The Morgan fingerprint density at radius 1 is 1.04 bits per heavy atom. The number of pyridine rings is 1. The van der Waals surface area contributed by atoms with E-state index in [1.165, 1.54) is 17.7 Å². The first-order chi connectivity index (χ1) is 12.7. The second-order valence-electron chi connectivity index (χ2n) is 5.72. The van der Waals surface area contributed by atoms with Gasteiger partial charge in [-0.3, -0.25) is 9.78 Å². The van der Waals surface area contributed by atoms with Crippen LogP contribution in [0.2, 0.25) is 0 Å². The van der Waals surface area contributed by atoms with E-state index in [4.69, 9.17) is 4.74 Å². The Morgan fingerprint density at radius 2 is 1.85 bits per heavy atom. The summed E-state index contributed by atoms with van der Waals surface area (Å²) in [5.41, 5.74) is 2.06. The second-order valence-corrected chi connectivity index (χ2v) is 5.72. The van der Waals surface area contributed by atoms with Crippen LogP contribution in [0.1, 0.15) is 21.6 Å². The number of hydrogen-bond donors (Lipinski definition) is 1. The van der Waals surface area contributed by atoms with Crippen LogP contribution in [0.3, 0.4) is 0 Å². The standard InChI is InChI=1S/C22H19NO3/c24-21(11-9-18-8-4-5-14-23-18)20-16-19(10-12-22(20)25)26-15-13-17-6-2-1-3-7-17/h1-12,14,16,25H,13,15H2/b11-9+. The average Bonchev–Trinajstić information content (AvgIpc) is 2.69. The third-order valence-corrected chi connectivity index (χ3v) is 3.83. The van der Waals surface area contributed by atoms with Crippen molar-refractivity contribution < 1.29 is 14.6 Å². The van der Waals surface area contributed by atoms with Crippen LogP contribution in [0, 0.1) is 0 Å². The fraction of sp³-hybridized carbons (Fsp3) is 0.0909. The molecule has 1 aromatic heterocycles. The lowest BCUT2D eigenvalue weighted by atomic mass is 10.1. The zero-order valence-corrected chi connectivity index (χ0v) is 14.2. The number of ketones is 1. The number of phenolic OH excluding ortho intramolecular Hbond substituents is 1. The van der Waals surface area contributed by atoms with Crippen molar-refractivity contribution in [2.45, 2.75) is 6.42 Å². The summed E-state index contributed by atoms with van der Waals surface area (Å²) in [6.07, 6.45) is 5.43. The molecule has 0 aliphatic carbocycles. The van der Waals surface area contributed by atoms with Crippen LogP contribution in [0.4, 0.5) is 0 Å². The minimum atomic E-state index is -0.304. The molecule has 130 valence electrons. The summed E-state index contributed by atoms with van der Waals surface area (Å²) in [6, 6.07) is 20.2. The van der Waals surface area contributed by atoms with Crippen LogP contribution in [0.15, 0.2) is 79.0 Å². The number of carbonyl (C=O) groups is 1. The Kier molecular flexibility index (Phi) is 5.78. The molecule has 1 heterocycles. The maximum Gasteiger partial charge on any atom is 0.189 e. The van der Waals surface area contributed by atoms with Crippen LogP contribution in [0.5, 0.6) is 11.5 Å². The van der Waals surface area contributed by atoms with Crippen molar-refractivity contribution in [1.82, 2.24) is 4.98 Å². The van der Waals surface area contributed by atoms with Crippen molar-refractivity contribution in [3.05, 3.63) is 95.8 Å². The van der Waals surface area contributed by atoms with Gasteiger partial charge < -0.3 is 9.84 Å². The van der Waals surface area contributed by atoms with Crippen molar-refractivity contribution in [2.75, 3.05) is 6.61 Å². The summed E-state index contributed by atoms with van der Waals surface area (Å²) in [6.45, 7) is 0.492. The zero-order chi connectivity index (χ0) is 18.2. The Morgan fingerprint density at radius 3 is 2.62 bits per heavy atom. The Bertz CT molecular complexity index is 890. The summed E-state index contributed by atoms with van der Waals surface area (Å²) < 4.78 is 5.72. The number of nitrogens with zero attached hydrogens (tertiary/aromatic N) is 1. The molecule has 0 spiro atoms. The molecule has 4 nitrogen and oxygen atoms in total. The van der Waals surface area contributed by atoms with E-state index >= 15 is 0 Å². The SMILES string of the molecule is O=C(/C=C/c1ccccn1)c1cc(OCCc2ccccc2)ccc1O. The van der Waals surface area contributed by atoms with E-state index in [1.54, 1.807) is 36.5 Å². The smallest absolute Gasteiger partial charge is 0.189 e. The zero-order valence-electron chi connectivity index (χ0n) is 14.2. The van der Waals surface area contributed by atoms with E-state index in [2.05, 4.69) is 4.98 Å². The predicted molar refractivity (Wildman–Crippen MR) is 101 cm³/mol. The molecule has 0 bridgehead atoms.